The molecule has 4 fully saturated rings. The number of hydrogen-bond donors (Lipinski definition) is 8. The van der Waals surface area contributed by atoms with Crippen LogP contribution in [0.25, 0.3) is 66.9 Å². The van der Waals surface area contributed by atoms with Crippen LogP contribution < -0.4 is 31.4 Å². The number of benzene rings is 6. The lowest BCUT2D eigenvalue weighted by Gasteiger charge is -2.10. The van der Waals surface area contributed by atoms with Gasteiger partial charge in [0.05, 0.1) is 58.4 Å². The number of aliphatic hydroxyl groups excluding tert-OH is 4. The normalized spacial score (nSPS) is 18.7. The van der Waals surface area contributed by atoms with E-state index in [1.807, 2.05) is 82.2 Å². The smallest absolute Gasteiger partial charge is 0.186 e. The Bertz CT molecular complexity index is 4320. The van der Waals surface area contributed by atoms with E-state index in [4.69, 9.17) is 56.6 Å². The molecular formula is C70H70F3N15O8. The third kappa shape index (κ3) is 15.9. The number of H-pyrrole nitrogens is 1. The van der Waals surface area contributed by atoms with Gasteiger partial charge in [-0.05, 0) is 216 Å². The van der Waals surface area contributed by atoms with Crippen LogP contribution in [0.3, 0.4) is 0 Å². The number of hydrogen-bond acceptors (Lipinski definition) is 20. The standard InChI is InChI=1S/2C22H20FN5O2.C17H12FN5O.C5H10O2.C4H8O/c2*23-14-3-9-18(10-4-14)30-17-7-1-13(2-8-17)20-19-21(24)25-12-26-22(19)28(27-20)15-5-6-16(29)11-15;18-11-3-7-13(8-4-11)24-12-5-1-10(2-6-12)15-14-16(19)20-9-21-17(14)23-22-15;6-4-1-2-5(7)3-4;1-2-4-5-3-1/h2*1-4,7-10,12,15-16,29H,5-6,11H2,(H2,24,25,26);1-9H,(H3,19,20,21,22,23);4-7H,1-3H2;1-4H2. The highest BCUT2D eigenvalue weighted by molar-refractivity contribution is 6.00. The molecule has 16 rings (SSSR count). The number of aliphatic hydroxyl groups is 4. The molecule has 6 aromatic carbocycles. The summed E-state index contributed by atoms with van der Waals surface area (Å²) >= 11 is 0. The molecule has 1 aliphatic heterocycles. The first-order valence-corrected chi connectivity index (χ1v) is 31.5. The number of rotatable bonds is 11. The summed E-state index contributed by atoms with van der Waals surface area (Å²) in [5.74, 6) is 3.73. The zero-order valence-electron chi connectivity index (χ0n) is 52.0. The molecule has 6 aromatic heterocycles. The molecule has 0 radical (unpaired) electrons. The zero-order chi connectivity index (χ0) is 66.7. The monoisotopic (exact) mass is 1310 g/mol. The fourth-order valence-corrected chi connectivity index (χ4v) is 11.7. The van der Waals surface area contributed by atoms with Crippen LogP contribution in [0.5, 0.6) is 34.5 Å². The van der Waals surface area contributed by atoms with E-state index >= 15 is 0 Å². The van der Waals surface area contributed by atoms with Gasteiger partial charge in [0.15, 0.2) is 16.9 Å². The molecule has 6 atom stereocenters. The van der Waals surface area contributed by atoms with Crippen LogP contribution in [0.4, 0.5) is 30.6 Å². The van der Waals surface area contributed by atoms with Crippen LogP contribution in [0.1, 0.15) is 82.7 Å². The Morgan fingerprint density at radius 1 is 0.406 bits per heavy atom. The summed E-state index contributed by atoms with van der Waals surface area (Å²) in [6.07, 6.45) is 12.3. The van der Waals surface area contributed by atoms with E-state index < -0.39 is 0 Å². The highest BCUT2D eigenvalue weighted by atomic mass is 19.1. The van der Waals surface area contributed by atoms with Crippen LogP contribution in [0.2, 0.25) is 0 Å². The summed E-state index contributed by atoms with van der Waals surface area (Å²) < 4.78 is 64.9. The Labute approximate surface area is 548 Å². The third-order valence-corrected chi connectivity index (χ3v) is 16.6. The molecular weight excluding hydrogens is 1240 g/mol. The second-order valence-electron chi connectivity index (χ2n) is 23.5. The van der Waals surface area contributed by atoms with Gasteiger partial charge in [-0.3, -0.25) is 5.10 Å². The number of nitrogens with one attached hydrogen (secondary N) is 1. The van der Waals surface area contributed by atoms with Crippen molar-refractivity contribution < 1.29 is 52.5 Å². The highest BCUT2D eigenvalue weighted by Crippen LogP contribution is 2.40. The maximum absolute atomic E-state index is 13.1. The van der Waals surface area contributed by atoms with Crippen molar-refractivity contribution in [2.75, 3.05) is 30.4 Å². The maximum Gasteiger partial charge on any atom is 0.186 e. The minimum absolute atomic E-state index is 0.0756. The van der Waals surface area contributed by atoms with Gasteiger partial charge < -0.3 is 56.6 Å². The zero-order valence-corrected chi connectivity index (χ0v) is 52.0. The average Bonchev–Trinajstić information content (AvgIpc) is 1.62. The molecule has 1 saturated heterocycles. The number of anilines is 3. The molecule has 0 spiro atoms. The van der Waals surface area contributed by atoms with Crippen LogP contribution in [0.15, 0.2) is 165 Å². The Hall–Kier alpha value is -10.6. The number of nitrogens with two attached hydrogens (primary N) is 3. The summed E-state index contributed by atoms with van der Waals surface area (Å²) in [6.45, 7) is 2.00. The molecule has 11 N–H and O–H groups in total. The van der Waals surface area contributed by atoms with E-state index in [9.17, 15) is 23.4 Å². The molecule has 6 unspecified atom stereocenters. The number of nitrogens with zero attached hydrogens (tertiary/aromatic N) is 11. The molecule has 12 aromatic rings. The van der Waals surface area contributed by atoms with E-state index in [-0.39, 0.29) is 54.0 Å². The lowest BCUT2D eigenvalue weighted by molar-refractivity contribution is 0.137. The maximum atomic E-state index is 13.1. The topological polar surface area (TPSA) is 338 Å². The van der Waals surface area contributed by atoms with Gasteiger partial charge in [0.1, 0.15) is 99.8 Å². The Morgan fingerprint density at radius 3 is 1.07 bits per heavy atom. The van der Waals surface area contributed by atoms with Crippen LogP contribution >= 0.6 is 0 Å². The van der Waals surface area contributed by atoms with Crippen LogP contribution in [-0.2, 0) is 4.74 Å². The van der Waals surface area contributed by atoms with Gasteiger partial charge in [0, 0.05) is 29.9 Å². The quantitative estimate of drug-likeness (QED) is 0.0596. The third-order valence-electron chi connectivity index (χ3n) is 16.6. The van der Waals surface area contributed by atoms with Crippen LogP contribution in [0, 0.1) is 17.5 Å². The van der Waals surface area contributed by atoms with Gasteiger partial charge in [-0.15, -0.1) is 0 Å². The van der Waals surface area contributed by atoms with Gasteiger partial charge in [0.25, 0.3) is 0 Å². The van der Waals surface area contributed by atoms with E-state index in [1.54, 1.807) is 36.4 Å². The van der Waals surface area contributed by atoms with Gasteiger partial charge in [-0.25, -0.2) is 52.4 Å². The Morgan fingerprint density at radius 2 is 0.740 bits per heavy atom. The first-order valence-electron chi connectivity index (χ1n) is 31.5. The lowest BCUT2D eigenvalue weighted by Crippen LogP contribution is -2.09. The van der Waals surface area contributed by atoms with E-state index in [2.05, 4.69) is 40.1 Å². The predicted molar refractivity (Wildman–Crippen MR) is 355 cm³/mol. The molecule has 0 bridgehead atoms. The summed E-state index contributed by atoms with van der Waals surface area (Å²) in [4.78, 5) is 25.2. The van der Waals surface area contributed by atoms with Gasteiger partial charge in [-0.1, -0.05) is 0 Å². The number of halogens is 3. The second-order valence-corrected chi connectivity index (χ2v) is 23.5. The molecule has 96 heavy (non-hydrogen) atoms. The van der Waals surface area contributed by atoms with Crippen molar-refractivity contribution in [2.45, 2.75) is 107 Å². The number of aromatic nitrogens is 12. The number of ether oxygens (including phenoxy) is 4. The van der Waals surface area contributed by atoms with Crippen molar-refractivity contribution in [1.82, 2.24) is 59.7 Å². The van der Waals surface area contributed by atoms with Crippen molar-refractivity contribution >= 4 is 50.6 Å². The van der Waals surface area contributed by atoms with Crippen molar-refractivity contribution in [2.24, 2.45) is 0 Å². The molecule has 3 saturated carbocycles. The van der Waals surface area contributed by atoms with E-state index in [0.29, 0.717) is 116 Å². The summed E-state index contributed by atoms with van der Waals surface area (Å²) in [5, 5.41) is 56.1. The minimum Gasteiger partial charge on any atom is -0.457 e. The largest absolute Gasteiger partial charge is 0.457 e. The molecule has 4 aliphatic rings. The van der Waals surface area contributed by atoms with Crippen LogP contribution in [-0.4, -0.2) is 118 Å². The number of nitrogen functional groups attached to an aromatic ring is 3. The molecule has 0 amide bonds. The van der Waals surface area contributed by atoms with Gasteiger partial charge >= 0.3 is 0 Å². The lowest BCUT2D eigenvalue weighted by atomic mass is 10.1. The predicted octanol–water partition coefficient (Wildman–Crippen LogP) is 12.4. The number of aromatic amines is 1. The molecule has 494 valence electrons. The fourth-order valence-electron chi connectivity index (χ4n) is 11.7. The first-order chi connectivity index (χ1) is 46.7. The summed E-state index contributed by atoms with van der Waals surface area (Å²) in [6, 6.07) is 39.9. The van der Waals surface area contributed by atoms with Gasteiger partial charge in [-0.2, -0.15) is 15.3 Å². The van der Waals surface area contributed by atoms with Crippen molar-refractivity contribution in [1.29, 1.82) is 0 Å². The van der Waals surface area contributed by atoms with Crippen molar-refractivity contribution in [3.05, 3.63) is 182 Å². The first kappa shape index (κ1) is 65.4. The Kier molecular flexibility index (Phi) is 20.6. The highest BCUT2D eigenvalue weighted by Gasteiger charge is 2.31. The summed E-state index contributed by atoms with van der Waals surface area (Å²) in [5.41, 5.74) is 24.8. The minimum atomic E-state index is -0.320. The fraction of sp³-hybridized carbons (Fsp3) is 0.271. The summed E-state index contributed by atoms with van der Waals surface area (Å²) in [7, 11) is 0. The van der Waals surface area contributed by atoms with E-state index in [1.165, 1.54) is 68.2 Å². The van der Waals surface area contributed by atoms with Crippen molar-refractivity contribution in [3.8, 4) is 68.3 Å². The molecule has 23 nitrogen and oxygen atoms in total. The van der Waals surface area contributed by atoms with Gasteiger partial charge in [0.2, 0.25) is 0 Å². The van der Waals surface area contributed by atoms with E-state index in [0.717, 1.165) is 74.1 Å². The average molecular weight is 1310 g/mol. The van der Waals surface area contributed by atoms with Crippen molar-refractivity contribution in [3.63, 3.8) is 0 Å². The molecule has 26 heteroatoms. The number of fused-ring (bicyclic) bond motifs is 3. The molecule has 7 heterocycles. The SMILES string of the molecule is C1CCOC1.Nc1ncnc2c1c(-c1ccc(Oc3ccc(F)cc3)cc1)nn2C1CCC(O)C1.Nc1ncnc2c1c(-c1ccc(Oc3ccc(F)cc3)cc1)nn2C1CCC(O)C1.Nc1ncnc2n[nH]c(-c3ccc(Oc4ccc(F)cc4)cc3)c12.OC1CCC(O)C1. The Balaban J connectivity index is 0.000000127. The second kappa shape index (κ2) is 30.2. The molecule has 3 aliphatic carbocycles.